The molecule has 0 amide bonds. The highest BCUT2D eigenvalue weighted by molar-refractivity contribution is 5.88. The van der Waals surface area contributed by atoms with E-state index in [4.69, 9.17) is 15.3 Å². The quantitative estimate of drug-likeness (QED) is 0.595. The second-order valence-electron chi connectivity index (χ2n) is 2.94. The van der Waals surface area contributed by atoms with E-state index in [0.29, 0.717) is 12.2 Å². The van der Waals surface area contributed by atoms with Crippen molar-refractivity contribution in [3.63, 3.8) is 0 Å². The molecule has 0 aromatic rings. The van der Waals surface area contributed by atoms with Crippen molar-refractivity contribution in [3.8, 4) is 0 Å². The van der Waals surface area contributed by atoms with Gasteiger partial charge in [0, 0.05) is 0 Å². The zero-order valence-corrected chi connectivity index (χ0v) is 7.19. The third kappa shape index (κ3) is 2.18. The smallest absolute Gasteiger partial charge is 0.415 e. The molecular formula is C8H7F3O4. The van der Waals surface area contributed by atoms with Crippen LogP contribution in [0.3, 0.4) is 0 Å². The minimum absolute atomic E-state index is 0.445. The summed E-state index contributed by atoms with van der Waals surface area (Å²) in [5.41, 5.74) is -2.03. The molecule has 0 saturated heterocycles. The Balaban J connectivity index is 3.11. The van der Waals surface area contributed by atoms with E-state index in [1.165, 1.54) is 0 Å². The molecule has 0 fully saturated rings. The first kappa shape index (κ1) is 11.7. The maximum atomic E-state index is 12.2. The number of hydrogen-bond acceptors (Lipinski definition) is 3. The van der Waals surface area contributed by atoms with Crippen LogP contribution in [0.25, 0.3) is 0 Å². The molecule has 4 nitrogen and oxygen atoms in total. The van der Waals surface area contributed by atoms with Gasteiger partial charge in [0.05, 0.1) is 11.1 Å². The number of alkyl halides is 3. The molecular weight excluding hydrogens is 217 g/mol. The van der Waals surface area contributed by atoms with Gasteiger partial charge in [-0.25, -0.2) is 4.79 Å². The topological polar surface area (TPSA) is 77.8 Å². The Morgan fingerprint density at radius 3 is 2.13 bits per heavy atom. The van der Waals surface area contributed by atoms with Crippen LogP contribution in [0.15, 0.2) is 23.3 Å². The summed E-state index contributed by atoms with van der Waals surface area (Å²) in [7, 11) is 0. The van der Waals surface area contributed by atoms with Crippen molar-refractivity contribution in [1.82, 2.24) is 0 Å². The molecule has 1 aliphatic rings. The lowest BCUT2D eigenvalue weighted by molar-refractivity contribution is -0.136. The minimum atomic E-state index is -4.79. The number of carboxylic acids is 1. The molecule has 0 aromatic carbocycles. The fourth-order valence-electron chi connectivity index (χ4n) is 1.18. The van der Waals surface area contributed by atoms with Crippen molar-refractivity contribution < 1.29 is 33.3 Å². The van der Waals surface area contributed by atoms with Crippen LogP contribution in [0.1, 0.15) is 0 Å². The molecule has 2 atom stereocenters. The van der Waals surface area contributed by atoms with Crippen LogP contribution >= 0.6 is 0 Å². The van der Waals surface area contributed by atoms with Crippen LogP contribution in [0.2, 0.25) is 0 Å². The molecule has 0 aliphatic heterocycles. The maximum Gasteiger partial charge on any atom is 0.415 e. The van der Waals surface area contributed by atoms with Crippen molar-refractivity contribution in [2.45, 2.75) is 18.4 Å². The summed E-state index contributed by atoms with van der Waals surface area (Å²) in [6.45, 7) is 0. The highest BCUT2D eigenvalue weighted by atomic mass is 19.4. The third-order valence-corrected chi connectivity index (χ3v) is 1.95. The predicted octanol–water partition coefficient (Wildman–Crippen LogP) is 0.222. The van der Waals surface area contributed by atoms with Gasteiger partial charge in [0.1, 0.15) is 12.2 Å². The zero-order valence-electron chi connectivity index (χ0n) is 7.19. The molecule has 84 valence electrons. The number of rotatable bonds is 1. The summed E-state index contributed by atoms with van der Waals surface area (Å²) in [4.78, 5) is 10.4. The SMILES string of the molecule is O=C(O)C1=CC=C(C(F)(F)F)[C@H](O)[C@@H]1O. The molecule has 1 aliphatic carbocycles. The molecule has 0 saturated carbocycles. The van der Waals surface area contributed by atoms with Gasteiger partial charge in [-0.3, -0.25) is 0 Å². The third-order valence-electron chi connectivity index (χ3n) is 1.95. The fourth-order valence-corrected chi connectivity index (χ4v) is 1.18. The average Bonchev–Trinajstić information content (AvgIpc) is 2.06. The van der Waals surface area contributed by atoms with E-state index in [1.54, 1.807) is 0 Å². The minimum Gasteiger partial charge on any atom is -0.478 e. The zero-order chi connectivity index (χ0) is 11.8. The Bertz CT molecular complexity index is 342. The van der Waals surface area contributed by atoms with E-state index < -0.39 is 35.5 Å². The maximum absolute atomic E-state index is 12.2. The van der Waals surface area contributed by atoms with Crippen molar-refractivity contribution >= 4 is 5.97 Å². The first-order valence-corrected chi connectivity index (χ1v) is 3.83. The number of halogens is 3. The molecule has 0 heterocycles. The van der Waals surface area contributed by atoms with Crippen LogP contribution in [-0.2, 0) is 4.79 Å². The number of aliphatic hydroxyl groups is 2. The normalized spacial score (nSPS) is 27.0. The van der Waals surface area contributed by atoms with Crippen LogP contribution in [0, 0.1) is 0 Å². The highest BCUT2D eigenvalue weighted by Crippen LogP contribution is 2.33. The van der Waals surface area contributed by atoms with E-state index in [9.17, 15) is 18.0 Å². The molecule has 3 N–H and O–H groups in total. The lowest BCUT2D eigenvalue weighted by Crippen LogP contribution is -2.39. The van der Waals surface area contributed by atoms with Gasteiger partial charge in [-0.15, -0.1) is 0 Å². The van der Waals surface area contributed by atoms with E-state index >= 15 is 0 Å². The molecule has 0 radical (unpaired) electrons. The van der Waals surface area contributed by atoms with Gasteiger partial charge >= 0.3 is 12.1 Å². The monoisotopic (exact) mass is 224 g/mol. The number of allylic oxidation sites excluding steroid dienone is 2. The Hall–Kier alpha value is -1.34. The Morgan fingerprint density at radius 2 is 1.73 bits per heavy atom. The van der Waals surface area contributed by atoms with Crippen molar-refractivity contribution in [2.24, 2.45) is 0 Å². The molecule has 15 heavy (non-hydrogen) atoms. The highest BCUT2D eigenvalue weighted by Gasteiger charge is 2.43. The van der Waals surface area contributed by atoms with Crippen molar-refractivity contribution in [1.29, 1.82) is 0 Å². The van der Waals surface area contributed by atoms with Crippen molar-refractivity contribution in [3.05, 3.63) is 23.3 Å². The van der Waals surface area contributed by atoms with E-state index in [2.05, 4.69) is 0 Å². The molecule has 0 spiro atoms. The van der Waals surface area contributed by atoms with E-state index in [1.807, 2.05) is 0 Å². The summed E-state index contributed by atoms with van der Waals surface area (Å²) in [5.74, 6) is -1.57. The Labute approximate surface area is 81.9 Å². The summed E-state index contributed by atoms with van der Waals surface area (Å²) >= 11 is 0. The Morgan fingerprint density at radius 1 is 1.20 bits per heavy atom. The van der Waals surface area contributed by atoms with Gasteiger partial charge in [-0.05, 0) is 6.08 Å². The van der Waals surface area contributed by atoms with Crippen LogP contribution in [0.4, 0.5) is 13.2 Å². The predicted molar refractivity (Wildman–Crippen MR) is 41.9 cm³/mol. The van der Waals surface area contributed by atoms with Gasteiger partial charge in [0.2, 0.25) is 0 Å². The number of hydrogen-bond donors (Lipinski definition) is 3. The summed E-state index contributed by atoms with van der Waals surface area (Å²) in [6, 6.07) is 0. The summed E-state index contributed by atoms with van der Waals surface area (Å²) in [5, 5.41) is 26.6. The van der Waals surface area contributed by atoms with Crippen LogP contribution in [0.5, 0.6) is 0 Å². The number of carboxylic acid groups (broad SMARTS) is 1. The molecule has 0 aromatic heterocycles. The lowest BCUT2D eigenvalue weighted by Gasteiger charge is -2.25. The second kappa shape index (κ2) is 3.67. The van der Waals surface area contributed by atoms with Gasteiger partial charge in [0.25, 0.3) is 0 Å². The number of aliphatic hydroxyl groups excluding tert-OH is 2. The lowest BCUT2D eigenvalue weighted by atomic mass is 9.92. The molecule has 0 unspecified atom stereocenters. The first-order valence-electron chi connectivity index (χ1n) is 3.83. The van der Waals surface area contributed by atoms with Crippen LogP contribution < -0.4 is 0 Å². The molecule has 0 bridgehead atoms. The second-order valence-corrected chi connectivity index (χ2v) is 2.94. The number of aliphatic carboxylic acids is 1. The van der Waals surface area contributed by atoms with Crippen LogP contribution in [-0.4, -0.2) is 39.7 Å². The number of carbonyl (C=O) groups is 1. The van der Waals surface area contributed by atoms with E-state index in [0.717, 1.165) is 0 Å². The van der Waals surface area contributed by atoms with Crippen molar-refractivity contribution in [2.75, 3.05) is 0 Å². The van der Waals surface area contributed by atoms with E-state index in [-0.39, 0.29) is 0 Å². The summed E-state index contributed by atoms with van der Waals surface area (Å²) in [6.07, 6.45) is -8.05. The molecule has 7 heteroatoms. The van der Waals surface area contributed by atoms with Gasteiger partial charge < -0.3 is 15.3 Å². The standard InChI is InChI=1S/C8H7F3O4/c9-8(10,11)4-2-1-3(7(14)15)5(12)6(4)13/h1-2,5-6,12-13H,(H,14,15)/t5-,6+/m1/s1. The van der Waals surface area contributed by atoms with Gasteiger partial charge in [-0.1, -0.05) is 6.08 Å². The largest absolute Gasteiger partial charge is 0.478 e. The summed E-state index contributed by atoms with van der Waals surface area (Å²) < 4.78 is 36.5. The fraction of sp³-hybridized carbons (Fsp3) is 0.375. The van der Waals surface area contributed by atoms with Gasteiger partial charge in [0.15, 0.2) is 0 Å². The average molecular weight is 224 g/mol. The first-order chi connectivity index (χ1) is 6.75. The Kier molecular flexibility index (Phi) is 2.87. The molecule has 1 rings (SSSR count). The van der Waals surface area contributed by atoms with Gasteiger partial charge in [-0.2, -0.15) is 13.2 Å².